The van der Waals surface area contributed by atoms with Gasteiger partial charge >= 0.3 is 0 Å². The Morgan fingerprint density at radius 3 is 2.63 bits per heavy atom. The lowest BCUT2D eigenvalue weighted by Gasteiger charge is -2.15. The molecular weight excluding hydrogens is 278 g/mol. The normalized spacial score (nSPS) is 12.0. The Balaban J connectivity index is 2.17. The Hall–Kier alpha value is -0.920. The van der Waals surface area contributed by atoms with E-state index in [1.165, 1.54) is 11.5 Å². The molecular formula is C12H19N5S2. The summed E-state index contributed by atoms with van der Waals surface area (Å²) < 4.78 is 4.06. The average molecular weight is 297 g/mol. The summed E-state index contributed by atoms with van der Waals surface area (Å²) in [7, 11) is 0. The fourth-order valence-electron chi connectivity index (χ4n) is 1.61. The zero-order valence-electron chi connectivity index (χ0n) is 11.7. The molecule has 1 N–H and O–H groups in total. The lowest BCUT2D eigenvalue weighted by Crippen LogP contribution is -2.13. The fraction of sp³-hybridized carbons (Fsp3) is 0.667. The summed E-state index contributed by atoms with van der Waals surface area (Å²) in [5, 5.41) is 18.0. The highest BCUT2D eigenvalue weighted by atomic mass is 32.1. The molecule has 7 heteroatoms. The SMILES string of the molecule is CCCNCc1nnc(-c2snnc2C(C)(C)C)s1. The lowest BCUT2D eigenvalue weighted by molar-refractivity contribution is 0.568. The third-order valence-corrected chi connectivity index (χ3v) is 4.37. The topological polar surface area (TPSA) is 63.6 Å². The van der Waals surface area contributed by atoms with Gasteiger partial charge in [0.05, 0.1) is 5.69 Å². The van der Waals surface area contributed by atoms with Crippen molar-refractivity contribution in [2.75, 3.05) is 6.54 Å². The maximum absolute atomic E-state index is 4.27. The third kappa shape index (κ3) is 3.55. The Bertz CT molecular complexity index is 526. The lowest BCUT2D eigenvalue weighted by atomic mass is 9.91. The predicted octanol–water partition coefficient (Wildman–Crippen LogP) is 2.85. The molecule has 2 heterocycles. The van der Waals surface area contributed by atoms with Crippen molar-refractivity contribution >= 4 is 22.9 Å². The second-order valence-corrected chi connectivity index (χ2v) is 7.19. The summed E-state index contributed by atoms with van der Waals surface area (Å²) in [4.78, 5) is 1.05. The average Bonchev–Trinajstić information content (AvgIpc) is 2.96. The molecule has 0 aromatic carbocycles. The monoisotopic (exact) mass is 297 g/mol. The standard InChI is InChI=1S/C12H19N5S2/c1-5-6-13-7-8-14-16-11(18-8)9-10(12(2,3)4)15-17-19-9/h13H,5-7H2,1-4H3. The molecule has 0 saturated heterocycles. The van der Waals surface area contributed by atoms with Gasteiger partial charge < -0.3 is 5.32 Å². The second-order valence-electron chi connectivity index (χ2n) is 5.38. The van der Waals surface area contributed by atoms with Gasteiger partial charge in [-0.3, -0.25) is 0 Å². The molecule has 0 aliphatic heterocycles. The first-order valence-corrected chi connectivity index (χ1v) is 7.97. The molecule has 0 atom stereocenters. The van der Waals surface area contributed by atoms with Crippen LogP contribution in [0.3, 0.4) is 0 Å². The highest BCUT2D eigenvalue weighted by Gasteiger charge is 2.25. The summed E-state index contributed by atoms with van der Waals surface area (Å²) in [5.41, 5.74) is 0.982. The molecule has 0 aliphatic carbocycles. The van der Waals surface area contributed by atoms with E-state index in [9.17, 15) is 0 Å². The summed E-state index contributed by atoms with van der Waals surface area (Å²) in [5.74, 6) is 0. The van der Waals surface area contributed by atoms with Crippen LogP contribution in [-0.2, 0) is 12.0 Å². The largest absolute Gasteiger partial charge is 0.310 e. The second kappa shape index (κ2) is 6.02. The van der Waals surface area contributed by atoms with E-state index in [-0.39, 0.29) is 5.41 Å². The van der Waals surface area contributed by atoms with Gasteiger partial charge in [0.2, 0.25) is 0 Å². The van der Waals surface area contributed by atoms with Gasteiger partial charge in [0, 0.05) is 12.0 Å². The van der Waals surface area contributed by atoms with Crippen molar-refractivity contribution < 1.29 is 0 Å². The van der Waals surface area contributed by atoms with E-state index in [2.05, 4.69) is 52.8 Å². The molecule has 0 saturated carbocycles. The first kappa shape index (κ1) is 14.5. The van der Waals surface area contributed by atoms with Crippen LogP contribution in [0, 0.1) is 0 Å². The molecule has 2 rings (SSSR count). The molecule has 2 aromatic rings. The summed E-state index contributed by atoms with van der Waals surface area (Å²) in [6, 6.07) is 0. The minimum atomic E-state index is -0.0192. The van der Waals surface area contributed by atoms with Gasteiger partial charge in [-0.1, -0.05) is 43.5 Å². The molecule has 19 heavy (non-hydrogen) atoms. The van der Waals surface area contributed by atoms with Crippen LogP contribution >= 0.6 is 22.9 Å². The van der Waals surface area contributed by atoms with E-state index in [1.54, 1.807) is 11.3 Å². The van der Waals surface area contributed by atoms with E-state index < -0.39 is 0 Å². The number of nitrogens with zero attached hydrogens (tertiary/aromatic N) is 4. The highest BCUT2D eigenvalue weighted by Crippen LogP contribution is 2.35. The van der Waals surface area contributed by atoms with Crippen molar-refractivity contribution in [2.24, 2.45) is 0 Å². The molecule has 0 aliphatic rings. The van der Waals surface area contributed by atoms with Crippen molar-refractivity contribution in [2.45, 2.75) is 46.1 Å². The summed E-state index contributed by atoms with van der Waals surface area (Å²) in [6.45, 7) is 10.3. The zero-order valence-corrected chi connectivity index (χ0v) is 13.4. The third-order valence-electron chi connectivity index (χ3n) is 2.56. The van der Waals surface area contributed by atoms with Crippen LogP contribution in [0.5, 0.6) is 0 Å². The van der Waals surface area contributed by atoms with Crippen LogP contribution in [0.4, 0.5) is 0 Å². The maximum atomic E-state index is 4.27. The van der Waals surface area contributed by atoms with Gasteiger partial charge in [-0.25, -0.2) is 0 Å². The molecule has 2 aromatic heterocycles. The van der Waals surface area contributed by atoms with Crippen molar-refractivity contribution in [1.82, 2.24) is 25.1 Å². The van der Waals surface area contributed by atoms with Crippen LogP contribution in [0.15, 0.2) is 0 Å². The molecule has 0 amide bonds. The van der Waals surface area contributed by atoms with Gasteiger partial charge in [-0.05, 0) is 24.5 Å². The molecule has 0 spiro atoms. The van der Waals surface area contributed by atoms with E-state index in [1.807, 2.05) is 0 Å². The number of hydrogen-bond donors (Lipinski definition) is 1. The fourth-order valence-corrected chi connectivity index (χ4v) is 3.35. The summed E-state index contributed by atoms with van der Waals surface area (Å²) >= 11 is 3.01. The number of hydrogen-bond acceptors (Lipinski definition) is 7. The van der Waals surface area contributed by atoms with Crippen LogP contribution in [0.1, 0.15) is 44.8 Å². The molecule has 0 bridgehead atoms. The quantitative estimate of drug-likeness (QED) is 0.860. The van der Waals surface area contributed by atoms with Gasteiger partial charge in [-0.2, -0.15) is 0 Å². The van der Waals surface area contributed by atoms with Crippen molar-refractivity contribution in [3.05, 3.63) is 10.7 Å². The van der Waals surface area contributed by atoms with E-state index in [0.717, 1.165) is 40.1 Å². The highest BCUT2D eigenvalue weighted by molar-refractivity contribution is 7.19. The van der Waals surface area contributed by atoms with Crippen molar-refractivity contribution in [3.63, 3.8) is 0 Å². The minimum absolute atomic E-state index is 0.0192. The Morgan fingerprint density at radius 1 is 1.16 bits per heavy atom. The number of rotatable bonds is 5. The molecule has 104 valence electrons. The Labute approximate surface area is 121 Å². The number of nitrogens with one attached hydrogen (secondary N) is 1. The first-order chi connectivity index (χ1) is 9.02. The molecule has 0 radical (unpaired) electrons. The van der Waals surface area contributed by atoms with Gasteiger partial charge in [-0.15, -0.1) is 15.3 Å². The first-order valence-electron chi connectivity index (χ1n) is 6.38. The van der Waals surface area contributed by atoms with Crippen LogP contribution < -0.4 is 5.32 Å². The summed E-state index contributed by atoms with van der Waals surface area (Å²) in [6.07, 6.45) is 1.12. The zero-order chi connectivity index (χ0) is 13.9. The smallest absolute Gasteiger partial charge is 0.161 e. The van der Waals surface area contributed by atoms with E-state index >= 15 is 0 Å². The van der Waals surface area contributed by atoms with E-state index in [0.29, 0.717) is 0 Å². The molecule has 5 nitrogen and oxygen atoms in total. The molecule has 0 fully saturated rings. The number of aromatic nitrogens is 4. The van der Waals surface area contributed by atoms with Gasteiger partial charge in [0.25, 0.3) is 0 Å². The van der Waals surface area contributed by atoms with Crippen molar-refractivity contribution in [3.8, 4) is 9.88 Å². The van der Waals surface area contributed by atoms with Crippen molar-refractivity contribution in [1.29, 1.82) is 0 Å². The van der Waals surface area contributed by atoms with Crippen LogP contribution in [0.25, 0.3) is 9.88 Å². The minimum Gasteiger partial charge on any atom is -0.310 e. The predicted molar refractivity (Wildman–Crippen MR) is 79.5 cm³/mol. The van der Waals surface area contributed by atoms with Crippen LogP contribution in [-0.4, -0.2) is 26.3 Å². The molecule has 0 unspecified atom stereocenters. The Morgan fingerprint density at radius 2 is 1.95 bits per heavy atom. The van der Waals surface area contributed by atoms with E-state index in [4.69, 9.17) is 0 Å². The van der Waals surface area contributed by atoms with Gasteiger partial charge in [0.15, 0.2) is 5.01 Å². The Kier molecular flexibility index (Phi) is 4.59. The van der Waals surface area contributed by atoms with Crippen LogP contribution in [0.2, 0.25) is 0 Å². The van der Waals surface area contributed by atoms with Gasteiger partial charge in [0.1, 0.15) is 9.88 Å². The maximum Gasteiger partial charge on any atom is 0.161 e.